The van der Waals surface area contributed by atoms with Crippen molar-refractivity contribution in [3.8, 4) is 22.9 Å². The van der Waals surface area contributed by atoms with Crippen LogP contribution in [0.3, 0.4) is 0 Å². The molecule has 0 saturated carbocycles. The lowest BCUT2D eigenvalue weighted by molar-refractivity contribution is 0.413. The van der Waals surface area contributed by atoms with Crippen LogP contribution in [-0.2, 0) is 0 Å². The molecular formula is C34H32N4O2S. The van der Waals surface area contributed by atoms with E-state index in [0.717, 1.165) is 34.3 Å². The first-order valence-corrected chi connectivity index (χ1v) is 14.0. The molecule has 1 saturated heterocycles. The van der Waals surface area contributed by atoms with Crippen LogP contribution in [0.25, 0.3) is 5.69 Å². The van der Waals surface area contributed by atoms with Crippen LogP contribution in [0, 0.1) is 20.8 Å². The molecule has 6 rings (SSSR count). The van der Waals surface area contributed by atoms with Crippen molar-refractivity contribution in [2.45, 2.75) is 32.9 Å². The number of methoxy groups -OCH3 is 1. The molecule has 3 aromatic carbocycles. The second-order valence-corrected chi connectivity index (χ2v) is 10.5. The second kappa shape index (κ2) is 11.1. The van der Waals surface area contributed by atoms with E-state index in [1.54, 1.807) is 7.11 Å². The number of hydrogen-bond donors (Lipinski definition) is 1. The molecule has 0 unspecified atom stereocenters. The number of nitrogens with one attached hydrogen (secondary N) is 1. The van der Waals surface area contributed by atoms with Gasteiger partial charge < -0.3 is 24.3 Å². The zero-order chi connectivity index (χ0) is 28.5. The van der Waals surface area contributed by atoms with E-state index in [2.05, 4.69) is 78.0 Å². The Morgan fingerprint density at radius 2 is 1.37 bits per heavy atom. The maximum Gasteiger partial charge on any atom is 0.174 e. The number of para-hydroxylation sites is 1. The van der Waals surface area contributed by atoms with E-state index < -0.39 is 0 Å². The molecule has 206 valence electrons. The number of rotatable bonds is 7. The van der Waals surface area contributed by atoms with E-state index in [9.17, 15) is 0 Å². The molecule has 0 amide bonds. The Morgan fingerprint density at radius 1 is 0.732 bits per heavy atom. The van der Waals surface area contributed by atoms with Crippen molar-refractivity contribution in [3.05, 3.63) is 131 Å². The number of nitrogens with zero attached hydrogens (tertiary/aromatic N) is 3. The van der Waals surface area contributed by atoms with E-state index in [1.807, 2.05) is 60.8 Å². The fourth-order valence-electron chi connectivity index (χ4n) is 5.79. The van der Waals surface area contributed by atoms with E-state index >= 15 is 0 Å². The van der Waals surface area contributed by atoms with E-state index in [4.69, 9.17) is 26.7 Å². The number of pyridine rings is 1. The standard InChI is InChI=1S/C34H32N4O2S/c1-22-23(2)37(25-10-6-5-7-11-25)24(3)31(22)33-32(30-12-8-9-21-35-30)36-34(41)38(33)26-13-15-28(16-14-26)40-29-19-17-27(39-4)18-20-29/h5-21,32-33H,1-4H3,(H,36,41)/t32-,33+/m1/s1. The first-order chi connectivity index (χ1) is 20.0. The average molecular weight is 561 g/mol. The zero-order valence-corrected chi connectivity index (χ0v) is 24.4. The fourth-order valence-corrected chi connectivity index (χ4v) is 6.13. The first-order valence-electron chi connectivity index (χ1n) is 13.6. The summed E-state index contributed by atoms with van der Waals surface area (Å²) in [4.78, 5) is 6.95. The van der Waals surface area contributed by atoms with Crippen molar-refractivity contribution in [3.63, 3.8) is 0 Å². The summed E-state index contributed by atoms with van der Waals surface area (Å²) in [6.07, 6.45) is 1.84. The summed E-state index contributed by atoms with van der Waals surface area (Å²) in [5.41, 5.74) is 7.97. The van der Waals surface area contributed by atoms with Crippen LogP contribution < -0.4 is 19.7 Å². The molecule has 1 fully saturated rings. The van der Waals surface area contributed by atoms with Gasteiger partial charge in [-0.05, 0) is 111 Å². The number of thiocarbonyl (C=S) groups is 1. The van der Waals surface area contributed by atoms with Crippen molar-refractivity contribution in [1.82, 2.24) is 14.9 Å². The average Bonchev–Trinajstić information content (AvgIpc) is 3.46. The van der Waals surface area contributed by atoms with Gasteiger partial charge in [-0.25, -0.2) is 0 Å². The molecule has 0 bridgehead atoms. The van der Waals surface area contributed by atoms with Gasteiger partial charge in [0.05, 0.1) is 24.9 Å². The predicted octanol–water partition coefficient (Wildman–Crippen LogP) is 7.78. The predicted molar refractivity (Wildman–Crippen MR) is 167 cm³/mol. The van der Waals surface area contributed by atoms with Crippen LogP contribution in [0.15, 0.2) is 103 Å². The monoisotopic (exact) mass is 560 g/mol. The Bertz CT molecular complexity index is 1670. The van der Waals surface area contributed by atoms with Crippen molar-refractivity contribution < 1.29 is 9.47 Å². The van der Waals surface area contributed by atoms with Crippen LogP contribution in [-0.4, -0.2) is 21.8 Å². The summed E-state index contributed by atoms with van der Waals surface area (Å²) in [6, 6.07) is 31.9. The molecule has 0 radical (unpaired) electrons. The number of benzene rings is 3. The highest BCUT2D eigenvalue weighted by Crippen LogP contribution is 2.45. The van der Waals surface area contributed by atoms with E-state index in [-0.39, 0.29) is 12.1 Å². The Hall–Kier alpha value is -4.62. The largest absolute Gasteiger partial charge is 0.497 e. The van der Waals surface area contributed by atoms with Crippen LogP contribution in [0.2, 0.25) is 0 Å². The van der Waals surface area contributed by atoms with Gasteiger partial charge in [0, 0.05) is 34.5 Å². The normalized spacial score (nSPS) is 16.5. The Morgan fingerprint density at radius 3 is 2.00 bits per heavy atom. The van der Waals surface area contributed by atoms with Crippen LogP contribution >= 0.6 is 12.2 Å². The maximum absolute atomic E-state index is 6.09. The molecule has 6 nitrogen and oxygen atoms in total. The fraction of sp³-hybridized carbons (Fsp3) is 0.176. The van der Waals surface area contributed by atoms with Gasteiger partial charge in [-0.3, -0.25) is 4.98 Å². The molecule has 2 atom stereocenters. The molecule has 1 aliphatic heterocycles. The third-order valence-electron chi connectivity index (χ3n) is 7.83. The third-order valence-corrected chi connectivity index (χ3v) is 8.14. The van der Waals surface area contributed by atoms with Crippen molar-refractivity contribution in [2.75, 3.05) is 12.0 Å². The highest BCUT2D eigenvalue weighted by atomic mass is 32.1. The van der Waals surface area contributed by atoms with Crippen molar-refractivity contribution in [1.29, 1.82) is 0 Å². The topological polar surface area (TPSA) is 51.6 Å². The quantitative estimate of drug-likeness (QED) is 0.205. The number of aromatic nitrogens is 2. The second-order valence-electron chi connectivity index (χ2n) is 10.1. The minimum atomic E-state index is -0.123. The van der Waals surface area contributed by atoms with Gasteiger partial charge >= 0.3 is 0 Å². The molecule has 41 heavy (non-hydrogen) atoms. The maximum atomic E-state index is 6.09. The highest BCUT2D eigenvalue weighted by Gasteiger charge is 2.43. The van der Waals surface area contributed by atoms with E-state index in [0.29, 0.717) is 5.11 Å². The smallest absolute Gasteiger partial charge is 0.174 e. The summed E-state index contributed by atoms with van der Waals surface area (Å²) in [5, 5.41) is 4.26. The summed E-state index contributed by atoms with van der Waals surface area (Å²) >= 11 is 5.99. The molecule has 7 heteroatoms. The summed E-state index contributed by atoms with van der Waals surface area (Å²) in [6.45, 7) is 6.59. The SMILES string of the molecule is COc1ccc(Oc2ccc(N3C(=S)N[C@H](c4ccccn4)[C@@H]3c3c(C)c(C)n(-c4ccccc4)c3C)cc2)cc1. The minimum Gasteiger partial charge on any atom is -0.497 e. The zero-order valence-electron chi connectivity index (χ0n) is 23.5. The Labute approximate surface area is 246 Å². The van der Waals surface area contributed by atoms with Crippen molar-refractivity contribution in [2.24, 2.45) is 0 Å². The Balaban J connectivity index is 1.41. The van der Waals surface area contributed by atoms with Crippen LogP contribution in [0.1, 0.15) is 40.3 Å². The molecule has 1 aliphatic rings. The van der Waals surface area contributed by atoms with Gasteiger partial charge in [-0.2, -0.15) is 0 Å². The number of anilines is 1. The van der Waals surface area contributed by atoms with Crippen LogP contribution in [0.4, 0.5) is 5.69 Å². The van der Waals surface area contributed by atoms with Crippen molar-refractivity contribution >= 4 is 23.0 Å². The van der Waals surface area contributed by atoms with Gasteiger partial charge in [-0.1, -0.05) is 24.3 Å². The molecule has 0 aliphatic carbocycles. The van der Waals surface area contributed by atoms with Gasteiger partial charge in [0.15, 0.2) is 5.11 Å². The lowest BCUT2D eigenvalue weighted by atomic mass is 9.93. The summed E-state index contributed by atoms with van der Waals surface area (Å²) < 4.78 is 13.7. The molecule has 0 spiro atoms. The third kappa shape index (κ3) is 4.93. The van der Waals surface area contributed by atoms with Gasteiger partial charge in [-0.15, -0.1) is 0 Å². The lowest BCUT2D eigenvalue weighted by Gasteiger charge is -2.29. The van der Waals surface area contributed by atoms with Gasteiger partial charge in [0.25, 0.3) is 0 Å². The highest BCUT2D eigenvalue weighted by molar-refractivity contribution is 7.80. The van der Waals surface area contributed by atoms with Crippen LogP contribution in [0.5, 0.6) is 17.2 Å². The minimum absolute atomic E-state index is 0.102. The van der Waals surface area contributed by atoms with Gasteiger partial charge in [0.1, 0.15) is 17.2 Å². The Kier molecular flexibility index (Phi) is 7.20. The molecule has 3 heterocycles. The molecule has 1 N–H and O–H groups in total. The molecular weight excluding hydrogens is 528 g/mol. The number of hydrogen-bond acceptors (Lipinski definition) is 4. The summed E-state index contributed by atoms with van der Waals surface area (Å²) in [7, 11) is 1.65. The van der Waals surface area contributed by atoms with Gasteiger partial charge in [0.2, 0.25) is 0 Å². The number of ether oxygens (including phenoxy) is 2. The first kappa shape index (κ1) is 26.6. The molecule has 5 aromatic rings. The van der Waals surface area contributed by atoms with E-state index in [1.165, 1.54) is 22.5 Å². The molecule has 2 aromatic heterocycles. The summed E-state index contributed by atoms with van der Waals surface area (Å²) in [5.74, 6) is 2.28. The lowest BCUT2D eigenvalue weighted by Crippen LogP contribution is -2.29.